The van der Waals surface area contributed by atoms with Gasteiger partial charge in [-0.2, -0.15) is 0 Å². The van der Waals surface area contributed by atoms with Gasteiger partial charge in [0.2, 0.25) is 5.91 Å². The summed E-state index contributed by atoms with van der Waals surface area (Å²) in [6.45, 7) is 9.10. The molecule has 2 N–H and O–H groups in total. The summed E-state index contributed by atoms with van der Waals surface area (Å²) in [6.07, 6.45) is 4.82. The summed E-state index contributed by atoms with van der Waals surface area (Å²) < 4.78 is 0. The minimum Gasteiger partial charge on any atom is -0.359 e. The number of rotatable bonds is 8. The van der Waals surface area contributed by atoms with E-state index < -0.39 is 0 Å². The van der Waals surface area contributed by atoms with Crippen molar-refractivity contribution in [1.29, 1.82) is 0 Å². The molecule has 0 aromatic carbocycles. The van der Waals surface area contributed by atoms with Crippen LogP contribution in [0.15, 0.2) is 0 Å². The molecular weight excluding hydrogens is 200 g/mol. The Morgan fingerprint density at radius 1 is 1.31 bits per heavy atom. The average molecular weight is 228 g/mol. The molecule has 0 fully saturated rings. The standard InChI is InChI=1S/C13H28N2O/c1-6-8-9-11(7-2)15-10-13(3,4)12(16)14-5/h11,15H,6-10H2,1-5H3,(H,14,16). The van der Waals surface area contributed by atoms with Crippen molar-refractivity contribution < 1.29 is 4.79 Å². The molecule has 0 bridgehead atoms. The second kappa shape index (κ2) is 7.66. The predicted octanol–water partition coefficient (Wildman–Crippen LogP) is 2.32. The van der Waals surface area contributed by atoms with Crippen molar-refractivity contribution in [1.82, 2.24) is 10.6 Å². The van der Waals surface area contributed by atoms with Crippen LogP contribution in [0, 0.1) is 5.41 Å². The van der Waals surface area contributed by atoms with Crippen molar-refractivity contribution in [3.8, 4) is 0 Å². The Morgan fingerprint density at radius 3 is 2.38 bits per heavy atom. The fourth-order valence-corrected chi connectivity index (χ4v) is 1.72. The van der Waals surface area contributed by atoms with E-state index in [9.17, 15) is 4.79 Å². The Balaban J connectivity index is 4.04. The normalized spacial score (nSPS) is 13.6. The molecule has 0 saturated carbocycles. The zero-order valence-corrected chi connectivity index (χ0v) is 11.5. The molecule has 1 amide bonds. The highest BCUT2D eigenvalue weighted by Gasteiger charge is 2.26. The second-order valence-electron chi connectivity index (χ2n) is 5.09. The maximum atomic E-state index is 11.6. The van der Waals surface area contributed by atoms with E-state index in [1.807, 2.05) is 13.8 Å². The van der Waals surface area contributed by atoms with E-state index >= 15 is 0 Å². The lowest BCUT2D eigenvalue weighted by molar-refractivity contribution is -0.128. The lowest BCUT2D eigenvalue weighted by atomic mass is 9.91. The Morgan fingerprint density at radius 2 is 1.94 bits per heavy atom. The quantitative estimate of drug-likeness (QED) is 0.669. The average Bonchev–Trinajstić information content (AvgIpc) is 2.28. The van der Waals surface area contributed by atoms with Crippen molar-refractivity contribution in [2.75, 3.05) is 13.6 Å². The summed E-state index contributed by atoms with van der Waals surface area (Å²) in [5, 5.41) is 6.21. The van der Waals surface area contributed by atoms with E-state index in [4.69, 9.17) is 0 Å². The van der Waals surface area contributed by atoms with Crippen molar-refractivity contribution in [2.45, 2.75) is 59.4 Å². The third-order valence-corrected chi connectivity index (χ3v) is 3.07. The first-order valence-corrected chi connectivity index (χ1v) is 6.43. The zero-order chi connectivity index (χ0) is 12.6. The number of carbonyl (C=O) groups excluding carboxylic acids is 1. The molecule has 0 aromatic rings. The van der Waals surface area contributed by atoms with Crippen molar-refractivity contribution in [2.24, 2.45) is 5.41 Å². The molecule has 3 nitrogen and oxygen atoms in total. The molecule has 0 spiro atoms. The van der Waals surface area contributed by atoms with E-state index in [-0.39, 0.29) is 11.3 Å². The van der Waals surface area contributed by atoms with Crippen molar-refractivity contribution in [3.05, 3.63) is 0 Å². The summed E-state index contributed by atoms with van der Waals surface area (Å²) in [4.78, 5) is 11.6. The molecule has 0 aliphatic rings. The lowest BCUT2D eigenvalue weighted by Gasteiger charge is -2.26. The van der Waals surface area contributed by atoms with Crippen LogP contribution in [0.4, 0.5) is 0 Å². The summed E-state index contributed by atoms with van der Waals surface area (Å²) in [7, 11) is 1.69. The van der Waals surface area contributed by atoms with E-state index in [0.29, 0.717) is 6.04 Å². The highest BCUT2D eigenvalue weighted by Crippen LogP contribution is 2.14. The van der Waals surface area contributed by atoms with Crippen molar-refractivity contribution in [3.63, 3.8) is 0 Å². The minimum atomic E-state index is -0.325. The van der Waals surface area contributed by atoms with Gasteiger partial charge in [0.25, 0.3) is 0 Å². The van der Waals surface area contributed by atoms with Gasteiger partial charge in [-0.25, -0.2) is 0 Å². The highest BCUT2D eigenvalue weighted by atomic mass is 16.2. The molecule has 16 heavy (non-hydrogen) atoms. The predicted molar refractivity (Wildman–Crippen MR) is 69.5 cm³/mol. The largest absolute Gasteiger partial charge is 0.359 e. The highest BCUT2D eigenvalue weighted by molar-refractivity contribution is 5.81. The lowest BCUT2D eigenvalue weighted by Crippen LogP contribution is -2.44. The molecule has 3 heteroatoms. The fraction of sp³-hybridized carbons (Fsp3) is 0.923. The first kappa shape index (κ1) is 15.4. The Hall–Kier alpha value is -0.570. The fourth-order valence-electron chi connectivity index (χ4n) is 1.72. The van der Waals surface area contributed by atoms with Gasteiger partial charge in [0, 0.05) is 19.6 Å². The van der Waals surface area contributed by atoms with Gasteiger partial charge in [0.05, 0.1) is 5.41 Å². The van der Waals surface area contributed by atoms with Gasteiger partial charge in [-0.05, 0) is 26.7 Å². The molecule has 0 aromatic heterocycles. The van der Waals surface area contributed by atoms with Gasteiger partial charge in [-0.3, -0.25) is 4.79 Å². The Kier molecular flexibility index (Phi) is 7.39. The number of hydrogen-bond donors (Lipinski definition) is 2. The van der Waals surface area contributed by atoms with Gasteiger partial charge in [0.15, 0.2) is 0 Å². The van der Waals surface area contributed by atoms with Crippen LogP contribution in [0.5, 0.6) is 0 Å². The first-order valence-electron chi connectivity index (χ1n) is 6.43. The van der Waals surface area contributed by atoms with Crippen LogP contribution in [0.25, 0.3) is 0 Å². The molecular formula is C13H28N2O. The molecule has 0 rings (SSSR count). The topological polar surface area (TPSA) is 41.1 Å². The van der Waals surface area contributed by atoms with Crippen LogP contribution >= 0.6 is 0 Å². The van der Waals surface area contributed by atoms with E-state index in [0.717, 1.165) is 13.0 Å². The molecule has 1 atom stereocenters. The Bertz CT molecular complexity index is 202. The van der Waals surface area contributed by atoms with Crippen LogP contribution < -0.4 is 10.6 Å². The third-order valence-electron chi connectivity index (χ3n) is 3.07. The summed E-state index contributed by atoms with van der Waals surface area (Å²) in [6, 6.07) is 0.545. The van der Waals surface area contributed by atoms with Crippen LogP contribution in [0.2, 0.25) is 0 Å². The second-order valence-corrected chi connectivity index (χ2v) is 5.09. The SMILES string of the molecule is CCCCC(CC)NCC(C)(C)C(=O)NC. The molecule has 96 valence electrons. The van der Waals surface area contributed by atoms with Crippen LogP contribution in [0.3, 0.4) is 0 Å². The summed E-state index contributed by atoms with van der Waals surface area (Å²) >= 11 is 0. The van der Waals surface area contributed by atoms with Gasteiger partial charge in [-0.15, -0.1) is 0 Å². The van der Waals surface area contributed by atoms with Gasteiger partial charge >= 0.3 is 0 Å². The zero-order valence-electron chi connectivity index (χ0n) is 11.5. The number of nitrogens with one attached hydrogen (secondary N) is 2. The smallest absolute Gasteiger partial charge is 0.226 e. The number of hydrogen-bond acceptors (Lipinski definition) is 2. The van der Waals surface area contributed by atoms with Gasteiger partial charge in [-0.1, -0.05) is 26.7 Å². The molecule has 0 aliphatic carbocycles. The maximum Gasteiger partial charge on any atom is 0.226 e. The minimum absolute atomic E-state index is 0.102. The third kappa shape index (κ3) is 5.50. The van der Waals surface area contributed by atoms with E-state index in [1.165, 1.54) is 19.3 Å². The van der Waals surface area contributed by atoms with Gasteiger partial charge in [0.1, 0.15) is 0 Å². The first-order chi connectivity index (χ1) is 7.47. The van der Waals surface area contributed by atoms with Crippen LogP contribution in [-0.4, -0.2) is 25.5 Å². The number of unbranched alkanes of at least 4 members (excludes halogenated alkanes) is 1. The summed E-state index contributed by atoms with van der Waals surface area (Å²) in [5.41, 5.74) is -0.325. The van der Waals surface area contributed by atoms with Crippen molar-refractivity contribution >= 4 is 5.91 Å². The number of carbonyl (C=O) groups is 1. The molecule has 0 radical (unpaired) electrons. The maximum absolute atomic E-state index is 11.6. The Labute approximate surface area is 100 Å². The van der Waals surface area contributed by atoms with Crippen LogP contribution in [0.1, 0.15) is 53.4 Å². The monoisotopic (exact) mass is 228 g/mol. The molecule has 0 aliphatic heterocycles. The van der Waals surface area contributed by atoms with Crippen LogP contribution in [-0.2, 0) is 4.79 Å². The van der Waals surface area contributed by atoms with E-state index in [2.05, 4.69) is 24.5 Å². The van der Waals surface area contributed by atoms with Gasteiger partial charge < -0.3 is 10.6 Å². The number of amides is 1. The summed E-state index contributed by atoms with van der Waals surface area (Å²) in [5.74, 6) is 0.102. The molecule has 0 saturated heterocycles. The molecule has 0 heterocycles. The molecule has 1 unspecified atom stereocenters. The van der Waals surface area contributed by atoms with E-state index in [1.54, 1.807) is 7.05 Å².